The van der Waals surface area contributed by atoms with Crippen LogP contribution in [0.2, 0.25) is 0 Å². The summed E-state index contributed by atoms with van der Waals surface area (Å²) in [6.45, 7) is 0. The van der Waals surface area contributed by atoms with Gasteiger partial charge < -0.3 is 9.47 Å². The highest BCUT2D eigenvalue weighted by molar-refractivity contribution is 9.10. The van der Waals surface area contributed by atoms with Crippen LogP contribution in [0.4, 0.5) is 14.5 Å². The normalized spacial score (nSPS) is 10.3. The number of nitrogens with zero attached hydrogens (tertiary/aromatic N) is 1. The van der Waals surface area contributed by atoms with Crippen molar-refractivity contribution >= 4 is 27.6 Å². The Hall–Kier alpha value is -2.55. The summed E-state index contributed by atoms with van der Waals surface area (Å²) in [4.78, 5) is 21.9. The summed E-state index contributed by atoms with van der Waals surface area (Å²) in [6, 6.07) is 4.73. The van der Waals surface area contributed by atoms with Crippen molar-refractivity contribution < 1.29 is 28.0 Å². The fourth-order valence-corrected chi connectivity index (χ4v) is 2.13. The molecule has 0 saturated carbocycles. The molecule has 6 nitrogen and oxygen atoms in total. The van der Waals surface area contributed by atoms with Gasteiger partial charge >= 0.3 is 5.97 Å². The number of rotatable bonds is 4. The zero-order chi connectivity index (χ0) is 17.1. The molecule has 120 valence electrons. The van der Waals surface area contributed by atoms with Gasteiger partial charge in [-0.2, -0.15) is 0 Å². The third-order valence-electron chi connectivity index (χ3n) is 2.77. The molecule has 0 unspecified atom stereocenters. The van der Waals surface area contributed by atoms with Gasteiger partial charge in [0, 0.05) is 18.2 Å². The van der Waals surface area contributed by atoms with Crippen molar-refractivity contribution in [1.29, 1.82) is 0 Å². The van der Waals surface area contributed by atoms with Crippen LogP contribution in [-0.4, -0.2) is 18.0 Å². The molecule has 0 atom stereocenters. The van der Waals surface area contributed by atoms with Gasteiger partial charge in [0.1, 0.15) is 17.1 Å². The number of halogens is 3. The number of nitro benzene ring substituents is 1. The molecule has 0 N–H and O–H groups in total. The molecule has 0 spiro atoms. The topological polar surface area (TPSA) is 78.7 Å². The second-order valence-electron chi connectivity index (χ2n) is 4.23. The van der Waals surface area contributed by atoms with E-state index in [0.29, 0.717) is 6.07 Å². The quantitative estimate of drug-likeness (QED) is 0.445. The summed E-state index contributed by atoms with van der Waals surface area (Å²) < 4.78 is 36.3. The van der Waals surface area contributed by atoms with Crippen LogP contribution in [0.1, 0.15) is 10.4 Å². The molecule has 0 saturated heterocycles. The van der Waals surface area contributed by atoms with E-state index in [1.165, 1.54) is 0 Å². The minimum absolute atomic E-state index is 0.0680. The zero-order valence-electron chi connectivity index (χ0n) is 11.5. The summed E-state index contributed by atoms with van der Waals surface area (Å²) in [7, 11) is 1.06. The van der Waals surface area contributed by atoms with Crippen molar-refractivity contribution in [3.63, 3.8) is 0 Å². The second-order valence-corrected chi connectivity index (χ2v) is 5.08. The van der Waals surface area contributed by atoms with Crippen LogP contribution < -0.4 is 4.74 Å². The van der Waals surface area contributed by atoms with Crippen molar-refractivity contribution in [2.45, 2.75) is 0 Å². The lowest BCUT2D eigenvalue weighted by Gasteiger charge is -2.10. The minimum Gasteiger partial charge on any atom is -0.465 e. The van der Waals surface area contributed by atoms with E-state index in [1.54, 1.807) is 0 Å². The van der Waals surface area contributed by atoms with Crippen LogP contribution in [0, 0.1) is 21.7 Å². The molecule has 0 fully saturated rings. The number of carbonyl (C=O) groups excluding carboxylic acids is 1. The van der Waals surface area contributed by atoms with E-state index in [1.807, 2.05) is 0 Å². The first kappa shape index (κ1) is 16.8. The summed E-state index contributed by atoms with van der Waals surface area (Å²) in [6.07, 6.45) is 0. The van der Waals surface area contributed by atoms with Crippen molar-refractivity contribution in [3.8, 4) is 11.5 Å². The Morgan fingerprint density at radius 3 is 2.48 bits per heavy atom. The molecule has 0 radical (unpaired) electrons. The van der Waals surface area contributed by atoms with Crippen LogP contribution in [0.3, 0.4) is 0 Å². The monoisotopic (exact) mass is 387 g/mol. The maximum atomic E-state index is 13.6. The van der Waals surface area contributed by atoms with Crippen LogP contribution in [0.25, 0.3) is 0 Å². The number of nitro groups is 1. The van der Waals surface area contributed by atoms with E-state index in [-0.39, 0.29) is 21.5 Å². The standard InChI is InChI=1S/C14H8BrF2NO5/c1-22-14(19)8-5-13(9(15)6-11(8)18(20)21)23-12-3-2-7(16)4-10(12)17/h2-6H,1H3. The Labute approximate surface area is 136 Å². The Balaban J connectivity index is 2.50. The molecule has 2 rings (SSSR count). The predicted molar refractivity (Wildman–Crippen MR) is 78.6 cm³/mol. The van der Waals surface area contributed by atoms with Crippen molar-refractivity contribution in [2.75, 3.05) is 7.11 Å². The SMILES string of the molecule is COC(=O)c1cc(Oc2ccc(F)cc2F)c(Br)cc1[N+](=O)[O-]. The summed E-state index contributed by atoms with van der Waals surface area (Å²) in [5.74, 6) is -3.07. The van der Waals surface area contributed by atoms with Crippen LogP contribution in [-0.2, 0) is 4.74 Å². The second kappa shape index (κ2) is 6.69. The van der Waals surface area contributed by atoms with E-state index < -0.39 is 28.2 Å². The molecule has 2 aromatic carbocycles. The van der Waals surface area contributed by atoms with Gasteiger partial charge in [-0.1, -0.05) is 0 Å². The predicted octanol–water partition coefficient (Wildman–Crippen LogP) is 4.21. The molecule has 0 aliphatic rings. The summed E-state index contributed by atoms with van der Waals surface area (Å²) in [5.41, 5.74) is -0.867. The number of hydrogen-bond donors (Lipinski definition) is 0. The number of hydrogen-bond acceptors (Lipinski definition) is 5. The molecular formula is C14H8BrF2NO5. The molecule has 23 heavy (non-hydrogen) atoms. The molecule has 0 aromatic heterocycles. The van der Waals surface area contributed by atoms with Gasteiger partial charge in [0.15, 0.2) is 11.6 Å². The van der Waals surface area contributed by atoms with Gasteiger partial charge in [0.25, 0.3) is 5.69 Å². The van der Waals surface area contributed by atoms with E-state index in [0.717, 1.165) is 31.4 Å². The molecule has 0 amide bonds. The first-order chi connectivity index (χ1) is 10.8. The average Bonchev–Trinajstić information content (AvgIpc) is 2.50. The highest BCUT2D eigenvalue weighted by Gasteiger charge is 2.24. The smallest absolute Gasteiger partial charge is 0.345 e. The summed E-state index contributed by atoms with van der Waals surface area (Å²) in [5, 5.41) is 11.0. The Kier molecular flexibility index (Phi) is 4.89. The van der Waals surface area contributed by atoms with Crippen molar-refractivity contribution in [2.24, 2.45) is 0 Å². The van der Waals surface area contributed by atoms with Gasteiger partial charge in [0.05, 0.1) is 16.5 Å². The fraction of sp³-hybridized carbons (Fsp3) is 0.0714. The number of carbonyl (C=O) groups is 1. The zero-order valence-corrected chi connectivity index (χ0v) is 13.1. The van der Waals surface area contributed by atoms with E-state index >= 15 is 0 Å². The molecule has 0 aliphatic heterocycles. The lowest BCUT2D eigenvalue weighted by molar-refractivity contribution is -0.385. The largest absolute Gasteiger partial charge is 0.465 e. The fourth-order valence-electron chi connectivity index (χ4n) is 1.72. The number of benzene rings is 2. The lowest BCUT2D eigenvalue weighted by atomic mass is 10.1. The lowest BCUT2D eigenvalue weighted by Crippen LogP contribution is -2.06. The van der Waals surface area contributed by atoms with E-state index in [2.05, 4.69) is 20.7 Å². The van der Waals surface area contributed by atoms with Crippen molar-refractivity contribution in [3.05, 3.63) is 62.1 Å². The van der Waals surface area contributed by atoms with Crippen LogP contribution in [0.5, 0.6) is 11.5 Å². The summed E-state index contributed by atoms with van der Waals surface area (Å²) >= 11 is 3.04. The van der Waals surface area contributed by atoms with E-state index in [9.17, 15) is 23.7 Å². The number of esters is 1. The molecule has 9 heteroatoms. The third-order valence-corrected chi connectivity index (χ3v) is 3.39. The van der Waals surface area contributed by atoms with Gasteiger partial charge in [-0.3, -0.25) is 10.1 Å². The van der Waals surface area contributed by atoms with Crippen molar-refractivity contribution in [1.82, 2.24) is 0 Å². The maximum Gasteiger partial charge on any atom is 0.345 e. The highest BCUT2D eigenvalue weighted by atomic mass is 79.9. The Morgan fingerprint density at radius 1 is 1.22 bits per heavy atom. The van der Waals surface area contributed by atoms with Gasteiger partial charge in [-0.15, -0.1) is 0 Å². The Bertz CT molecular complexity index is 797. The van der Waals surface area contributed by atoms with Crippen LogP contribution >= 0.6 is 15.9 Å². The first-order valence-electron chi connectivity index (χ1n) is 6.02. The number of ether oxygens (including phenoxy) is 2. The minimum atomic E-state index is -0.963. The third kappa shape index (κ3) is 3.62. The Morgan fingerprint density at radius 2 is 1.91 bits per heavy atom. The van der Waals surface area contributed by atoms with Gasteiger partial charge in [0.2, 0.25) is 0 Å². The van der Waals surface area contributed by atoms with Gasteiger partial charge in [-0.25, -0.2) is 13.6 Å². The average molecular weight is 388 g/mol. The molecule has 0 aliphatic carbocycles. The van der Waals surface area contributed by atoms with Crippen LogP contribution in [0.15, 0.2) is 34.8 Å². The van der Waals surface area contributed by atoms with Gasteiger partial charge in [-0.05, 0) is 28.1 Å². The highest BCUT2D eigenvalue weighted by Crippen LogP contribution is 2.36. The molecule has 0 heterocycles. The number of methoxy groups -OCH3 is 1. The first-order valence-corrected chi connectivity index (χ1v) is 6.82. The molecule has 0 bridgehead atoms. The molecular weight excluding hydrogens is 380 g/mol. The van der Waals surface area contributed by atoms with E-state index in [4.69, 9.17) is 4.74 Å². The molecule has 2 aromatic rings. The maximum absolute atomic E-state index is 13.6.